The van der Waals surface area contributed by atoms with Gasteiger partial charge in [-0.15, -0.1) is 0 Å². The van der Waals surface area contributed by atoms with Crippen molar-refractivity contribution in [3.05, 3.63) is 77.7 Å². The Kier molecular flexibility index (Phi) is 4.72. The summed E-state index contributed by atoms with van der Waals surface area (Å²) in [5.74, 6) is 0.333. The fourth-order valence-corrected chi connectivity index (χ4v) is 2.29. The van der Waals surface area contributed by atoms with Crippen molar-refractivity contribution >= 4 is 34.7 Å². The molecule has 3 rings (SSSR count). The molecule has 24 heavy (non-hydrogen) atoms. The highest BCUT2D eigenvalue weighted by Crippen LogP contribution is 2.21. The lowest BCUT2D eigenvalue weighted by Gasteiger charge is -2.18. The van der Waals surface area contributed by atoms with Crippen LogP contribution in [0.2, 0.25) is 5.02 Å². The Morgan fingerprint density at radius 1 is 1.04 bits per heavy atom. The lowest BCUT2D eigenvalue weighted by molar-refractivity contribution is 0.102. The molecular formula is C18H15ClN4O. The van der Waals surface area contributed by atoms with Gasteiger partial charge in [0, 0.05) is 29.5 Å². The fourth-order valence-electron chi connectivity index (χ4n) is 2.17. The van der Waals surface area contributed by atoms with E-state index in [9.17, 15) is 4.79 Å². The molecule has 0 saturated carbocycles. The number of benzene rings is 2. The van der Waals surface area contributed by atoms with Crippen LogP contribution >= 0.6 is 11.6 Å². The molecule has 0 atom stereocenters. The molecule has 1 amide bonds. The summed E-state index contributed by atoms with van der Waals surface area (Å²) in [7, 11) is 1.89. The van der Waals surface area contributed by atoms with Crippen molar-refractivity contribution in [2.24, 2.45) is 0 Å². The number of nitrogens with zero attached hydrogens (tertiary/aromatic N) is 3. The van der Waals surface area contributed by atoms with Crippen LogP contribution in [0, 0.1) is 0 Å². The number of aromatic nitrogens is 2. The Morgan fingerprint density at radius 3 is 2.46 bits per heavy atom. The first-order valence-electron chi connectivity index (χ1n) is 7.31. The highest BCUT2D eigenvalue weighted by atomic mass is 35.5. The number of nitrogens with one attached hydrogen (secondary N) is 1. The maximum atomic E-state index is 12.4. The van der Waals surface area contributed by atoms with E-state index < -0.39 is 0 Å². The van der Waals surface area contributed by atoms with Gasteiger partial charge in [-0.1, -0.05) is 29.8 Å². The maximum Gasteiger partial charge on any atom is 0.274 e. The Bertz CT molecular complexity index is 837. The largest absolute Gasteiger partial charge is 0.329 e. The Balaban J connectivity index is 1.79. The molecule has 1 aromatic heterocycles. The molecular weight excluding hydrogens is 324 g/mol. The third kappa shape index (κ3) is 3.70. The minimum atomic E-state index is -0.303. The van der Waals surface area contributed by atoms with Crippen LogP contribution in [0.3, 0.4) is 0 Å². The van der Waals surface area contributed by atoms with E-state index >= 15 is 0 Å². The summed E-state index contributed by atoms with van der Waals surface area (Å²) in [6.07, 6.45) is 1.38. The van der Waals surface area contributed by atoms with Crippen LogP contribution in [0.4, 0.5) is 17.2 Å². The first-order chi connectivity index (χ1) is 11.6. The first kappa shape index (κ1) is 16.0. The van der Waals surface area contributed by atoms with E-state index in [1.54, 1.807) is 30.3 Å². The molecule has 1 N–H and O–H groups in total. The number of halogens is 1. The Hall–Kier alpha value is -2.92. The zero-order valence-electron chi connectivity index (χ0n) is 13.0. The van der Waals surface area contributed by atoms with E-state index in [0.29, 0.717) is 16.5 Å². The van der Waals surface area contributed by atoms with Gasteiger partial charge in [0.05, 0.1) is 0 Å². The maximum absolute atomic E-state index is 12.4. The van der Waals surface area contributed by atoms with Gasteiger partial charge in [0.1, 0.15) is 17.8 Å². The smallest absolute Gasteiger partial charge is 0.274 e. The van der Waals surface area contributed by atoms with Crippen LogP contribution in [0.25, 0.3) is 0 Å². The SMILES string of the molecule is CN(c1ccccc1)c1cc(C(=O)Nc2ccc(Cl)cc2)ncn1. The van der Waals surface area contributed by atoms with Crippen molar-refractivity contribution in [3.8, 4) is 0 Å². The number of para-hydroxylation sites is 1. The molecule has 0 aliphatic heterocycles. The van der Waals surface area contributed by atoms with Gasteiger partial charge in [0.25, 0.3) is 5.91 Å². The van der Waals surface area contributed by atoms with Crippen molar-refractivity contribution in [2.45, 2.75) is 0 Å². The van der Waals surface area contributed by atoms with Crippen molar-refractivity contribution in [1.82, 2.24) is 9.97 Å². The quantitative estimate of drug-likeness (QED) is 0.776. The molecule has 0 fully saturated rings. The zero-order chi connectivity index (χ0) is 16.9. The summed E-state index contributed by atoms with van der Waals surface area (Å²) >= 11 is 5.84. The second-order valence-electron chi connectivity index (χ2n) is 5.12. The predicted molar refractivity (Wildman–Crippen MR) is 95.9 cm³/mol. The average molecular weight is 339 g/mol. The van der Waals surface area contributed by atoms with E-state index in [4.69, 9.17) is 11.6 Å². The first-order valence-corrected chi connectivity index (χ1v) is 7.69. The minimum absolute atomic E-state index is 0.290. The van der Waals surface area contributed by atoms with Gasteiger partial charge in [-0.2, -0.15) is 0 Å². The summed E-state index contributed by atoms with van der Waals surface area (Å²) in [5, 5.41) is 3.40. The summed E-state index contributed by atoms with van der Waals surface area (Å²) in [4.78, 5) is 22.5. The molecule has 2 aromatic carbocycles. The number of anilines is 3. The van der Waals surface area contributed by atoms with Crippen LogP contribution in [0.1, 0.15) is 10.5 Å². The van der Waals surface area contributed by atoms with Crippen molar-refractivity contribution < 1.29 is 4.79 Å². The molecule has 0 saturated heterocycles. The van der Waals surface area contributed by atoms with Gasteiger partial charge in [0.2, 0.25) is 0 Å². The van der Waals surface area contributed by atoms with Crippen molar-refractivity contribution in [1.29, 1.82) is 0 Å². The van der Waals surface area contributed by atoms with Gasteiger partial charge in [-0.05, 0) is 36.4 Å². The van der Waals surface area contributed by atoms with Crippen molar-refractivity contribution in [3.63, 3.8) is 0 Å². The predicted octanol–water partition coefficient (Wildman–Crippen LogP) is 4.15. The second-order valence-corrected chi connectivity index (χ2v) is 5.55. The van der Waals surface area contributed by atoms with Crippen molar-refractivity contribution in [2.75, 3.05) is 17.3 Å². The Morgan fingerprint density at radius 2 is 1.75 bits per heavy atom. The number of carbonyl (C=O) groups excluding carboxylic acids is 1. The lowest BCUT2D eigenvalue weighted by atomic mass is 10.2. The standard InChI is InChI=1S/C18H15ClN4O/c1-23(15-5-3-2-4-6-15)17-11-16(20-12-21-17)18(24)22-14-9-7-13(19)8-10-14/h2-12H,1H3,(H,22,24). The summed E-state index contributed by atoms with van der Waals surface area (Å²) in [5.41, 5.74) is 1.92. The molecule has 5 nitrogen and oxygen atoms in total. The molecule has 0 unspecified atom stereocenters. The normalized spacial score (nSPS) is 10.2. The number of hydrogen-bond acceptors (Lipinski definition) is 4. The van der Waals surface area contributed by atoms with Gasteiger partial charge in [-0.3, -0.25) is 4.79 Å². The third-order valence-corrected chi connectivity index (χ3v) is 3.73. The summed E-state index contributed by atoms with van der Waals surface area (Å²) < 4.78 is 0. The van der Waals surface area contributed by atoms with Gasteiger partial charge in [-0.25, -0.2) is 9.97 Å². The van der Waals surface area contributed by atoms with Crippen LogP contribution in [-0.2, 0) is 0 Å². The number of hydrogen-bond donors (Lipinski definition) is 1. The van der Waals surface area contributed by atoms with E-state index in [1.165, 1.54) is 6.33 Å². The molecule has 0 spiro atoms. The van der Waals surface area contributed by atoms with Gasteiger partial charge >= 0.3 is 0 Å². The third-order valence-electron chi connectivity index (χ3n) is 3.47. The average Bonchev–Trinajstić information content (AvgIpc) is 2.64. The molecule has 0 bridgehead atoms. The highest BCUT2D eigenvalue weighted by Gasteiger charge is 2.12. The molecule has 3 aromatic rings. The topological polar surface area (TPSA) is 58.1 Å². The van der Waals surface area contributed by atoms with E-state index in [2.05, 4.69) is 15.3 Å². The molecule has 120 valence electrons. The minimum Gasteiger partial charge on any atom is -0.329 e. The van der Waals surface area contributed by atoms with Gasteiger partial charge < -0.3 is 10.2 Å². The van der Waals surface area contributed by atoms with Crippen LogP contribution < -0.4 is 10.2 Å². The monoisotopic (exact) mass is 338 g/mol. The second kappa shape index (κ2) is 7.10. The lowest BCUT2D eigenvalue weighted by Crippen LogP contribution is -2.16. The van der Waals surface area contributed by atoms with Crippen LogP contribution in [-0.4, -0.2) is 22.9 Å². The molecule has 0 aliphatic carbocycles. The molecule has 1 heterocycles. The zero-order valence-corrected chi connectivity index (χ0v) is 13.7. The van der Waals surface area contributed by atoms with Crippen LogP contribution in [0.15, 0.2) is 67.0 Å². The van der Waals surface area contributed by atoms with Gasteiger partial charge in [0.15, 0.2) is 0 Å². The highest BCUT2D eigenvalue weighted by molar-refractivity contribution is 6.30. The number of rotatable bonds is 4. The molecule has 6 heteroatoms. The summed E-state index contributed by atoms with van der Waals surface area (Å²) in [6, 6.07) is 18.3. The fraction of sp³-hybridized carbons (Fsp3) is 0.0556. The van der Waals surface area contributed by atoms with E-state index in [0.717, 1.165) is 5.69 Å². The number of carbonyl (C=O) groups is 1. The van der Waals surface area contributed by atoms with Crippen LogP contribution in [0.5, 0.6) is 0 Å². The number of amides is 1. The Labute approximate surface area is 144 Å². The van der Waals surface area contributed by atoms with E-state index in [-0.39, 0.29) is 11.6 Å². The molecule has 0 radical (unpaired) electrons. The summed E-state index contributed by atoms with van der Waals surface area (Å²) in [6.45, 7) is 0. The molecule has 0 aliphatic rings. The van der Waals surface area contributed by atoms with E-state index in [1.807, 2.05) is 42.3 Å².